The Bertz CT molecular complexity index is 918. The maximum absolute atomic E-state index is 5.65. The van der Waals surface area contributed by atoms with Crippen molar-refractivity contribution in [3.8, 4) is 0 Å². The first-order valence-electron chi connectivity index (χ1n) is 8.86. The number of rotatable bonds is 8. The average molecular weight is 411 g/mol. The number of hydrogen-bond acceptors (Lipinski definition) is 8. The number of ether oxygens (including phenoxy) is 2. The van der Waals surface area contributed by atoms with Gasteiger partial charge >= 0.3 is 0 Å². The molecule has 0 unspecified atom stereocenters. The van der Waals surface area contributed by atoms with Gasteiger partial charge in [-0.15, -0.1) is 21.5 Å². The summed E-state index contributed by atoms with van der Waals surface area (Å²) in [5.41, 5.74) is 2.37. The number of aromatic nitrogens is 4. The standard InChI is InChI=1S/C17H22N4O2S3/c1-4-22-12(23-5-2)9-25-17-20-19-14-13-10-7-6-8-11(10)26-15(13)18-16(24-3)21(14)17/h12H,4-9H2,1-3H3. The highest BCUT2D eigenvalue weighted by Crippen LogP contribution is 2.40. The maximum atomic E-state index is 5.65. The molecular weight excluding hydrogens is 388 g/mol. The van der Waals surface area contributed by atoms with Gasteiger partial charge in [-0.1, -0.05) is 23.5 Å². The van der Waals surface area contributed by atoms with Crippen LogP contribution in [0.3, 0.4) is 0 Å². The molecule has 1 aliphatic rings. The number of hydrogen-bond donors (Lipinski definition) is 0. The van der Waals surface area contributed by atoms with Gasteiger partial charge in [0.1, 0.15) is 4.83 Å². The molecule has 1 aliphatic carbocycles. The van der Waals surface area contributed by atoms with Crippen LogP contribution in [-0.4, -0.2) is 51.1 Å². The zero-order chi connectivity index (χ0) is 18.1. The average Bonchev–Trinajstić information content (AvgIpc) is 3.33. The van der Waals surface area contributed by atoms with Crippen molar-refractivity contribution in [1.82, 2.24) is 19.6 Å². The van der Waals surface area contributed by atoms with Crippen molar-refractivity contribution >= 4 is 50.7 Å². The summed E-state index contributed by atoms with van der Waals surface area (Å²) < 4.78 is 13.4. The van der Waals surface area contributed by atoms with Crippen LogP contribution in [0.2, 0.25) is 0 Å². The molecule has 0 aromatic carbocycles. The molecular formula is C17H22N4O2S3. The SMILES string of the molecule is CCOC(CSc1nnc2c3c4c(sc3nc(SC)n12)CCC4)OCC. The topological polar surface area (TPSA) is 61.5 Å². The van der Waals surface area contributed by atoms with Gasteiger partial charge in [0.25, 0.3) is 0 Å². The second kappa shape index (κ2) is 8.02. The van der Waals surface area contributed by atoms with Gasteiger partial charge in [0.05, 0.1) is 11.1 Å². The summed E-state index contributed by atoms with van der Waals surface area (Å²) in [6, 6.07) is 0. The van der Waals surface area contributed by atoms with E-state index >= 15 is 0 Å². The summed E-state index contributed by atoms with van der Waals surface area (Å²) in [6.45, 7) is 5.22. The van der Waals surface area contributed by atoms with E-state index < -0.39 is 0 Å². The lowest BCUT2D eigenvalue weighted by molar-refractivity contribution is -0.120. The largest absolute Gasteiger partial charge is 0.352 e. The smallest absolute Gasteiger partial charge is 0.197 e. The monoisotopic (exact) mass is 410 g/mol. The molecule has 0 spiro atoms. The lowest BCUT2D eigenvalue weighted by Crippen LogP contribution is -2.20. The minimum absolute atomic E-state index is 0.234. The zero-order valence-corrected chi connectivity index (χ0v) is 17.6. The van der Waals surface area contributed by atoms with Crippen LogP contribution in [0, 0.1) is 0 Å². The molecule has 3 aromatic heterocycles. The van der Waals surface area contributed by atoms with Crippen LogP contribution in [-0.2, 0) is 22.3 Å². The third-order valence-electron chi connectivity index (χ3n) is 4.38. The van der Waals surface area contributed by atoms with E-state index in [1.807, 2.05) is 31.4 Å². The molecule has 3 heterocycles. The second-order valence-corrected chi connectivity index (χ2v) is 8.77. The van der Waals surface area contributed by atoms with Crippen molar-refractivity contribution in [2.24, 2.45) is 0 Å². The minimum atomic E-state index is -0.234. The number of nitrogens with zero attached hydrogens (tertiary/aromatic N) is 4. The van der Waals surface area contributed by atoms with Gasteiger partial charge in [0.2, 0.25) is 0 Å². The Morgan fingerprint density at radius 2 is 1.96 bits per heavy atom. The number of fused-ring (bicyclic) bond motifs is 5. The van der Waals surface area contributed by atoms with Crippen LogP contribution >= 0.6 is 34.9 Å². The normalized spacial score (nSPS) is 14.2. The summed E-state index contributed by atoms with van der Waals surface area (Å²) in [5.74, 6) is 0.677. The van der Waals surface area contributed by atoms with Crippen LogP contribution < -0.4 is 0 Å². The summed E-state index contributed by atoms with van der Waals surface area (Å²) in [6.07, 6.45) is 5.33. The molecule has 140 valence electrons. The van der Waals surface area contributed by atoms with Crippen molar-refractivity contribution < 1.29 is 9.47 Å². The highest BCUT2D eigenvalue weighted by atomic mass is 32.2. The molecule has 0 fully saturated rings. The van der Waals surface area contributed by atoms with Crippen molar-refractivity contribution in [2.75, 3.05) is 25.2 Å². The van der Waals surface area contributed by atoms with Gasteiger partial charge in [-0.2, -0.15) is 0 Å². The first-order valence-corrected chi connectivity index (χ1v) is 11.9. The van der Waals surface area contributed by atoms with Gasteiger partial charge in [-0.25, -0.2) is 9.38 Å². The number of thiophene rings is 1. The van der Waals surface area contributed by atoms with Crippen LogP contribution in [0.4, 0.5) is 0 Å². The predicted molar refractivity (Wildman–Crippen MR) is 108 cm³/mol. The molecule has 0 amide bonds. The van der Waals surface area contributed by atoms with E-state index in [1.165, 1.54) is 22.2 Å². The summed E-state index contributed by atoms with van der Waals surface area (Å²) >= 11 is 5.06. The van der Waals surface area contributed by atoms with Gasteiger partial charge in [-0.05, 0) is 44.9 Å². The Balaban J connectivity index is 1.73. The first kappa shape index (κ1) is 18.5. The molecule has 6 nitrogen and oxygen atoms in total. The number of thioether (sulfide) groups is 2. The molecule has 0 atom stereocenters. The fourth-order valence-electron chi connectivity index (χ4n) is 3.33. The maximum Gasteiger partial charge on any atom is 0.197 e. The molecule has 0 N–H and O–H groups in total. The van der Waals surface area contributed by atoms with Gasteiger partial charge in [0, 0.05) is 18.1 Å². The Kier molecular flexibility index (Phi) is 5.70. The van der Waals surface area contributed by atoms with E-state index in [4.69, 9.17) is 14.5 Å². The third kappa shape index (κ3) is 3.24. The van der Waals surface area contributed by atoms with Crippen LogP contribution in [0.25, 0.3) is 15.9 Å². The van der Waals surface area contributed by atoms with Gasteiger partial charge < -0.3 is 9.47 Å². The molecule has 26 heavy (non-hydrogen) atoms. The fraction of sp³-hybridized carbons (Fsp3) is 0.588. The molecule has 9 heteroatoms. The lowest BCUT2D eigenvalue weighted by atomic mass is 10.2. The van der Waals surface area contributed by atoms with E-state index in [0.29, 0.717) is 19.0 Å². The van der Waals surface area contributed by atoms with E-state index in [-0.39, 0.29) is 6.29 Å². The van der Waals surface area contributed by atoms with E-state index in [2.05, 4.69) is 14.6 Å². The second-order valence-electron chi connectivity index (χ2n) is 5.93. The fourth-order valence-corrected chi connectivity index (χ4v) is 6.12. The Hall–Kier alpha value is -0.870. The number of aryl methyl sites for hydroxylation is 2. The van der Waals surface area contributed by atoms with Crippen LogP contribution in [0.15, 0.2) is 10.3 Å². The van der Waals surface area contributed by atoms with Crippen molar-refractivity contribution in [1.29, 1.82) is 0 Å². The first-order chi connectivity index (χ1) is 12.8. The minimum Gasteiger partial charge on any atom is -0.352 e. The van der Waals surface area contributed by atoms with Crippen LogP contribution in [0.5, 0.6) is 0 Å². The van der Waals surface area contributed by atoms with E-state index in [1.54, 1.807) is 23.5 Å². The Morgan fingerprint density at radius 3 is 2.69 bits per heavy atom. The summed E-state index contributed by atoms with van der Waals surface area (Å²) in [7, 11) is 0. The molecule has 4 rings (SSSR count). The van der Waals surface area contributed by atoms with Crippen molar-refractivity contribution in [2.45, 2.75) is 49.7 Å². The molecule has 0 bridgehead atoms. The van der Waals surface area contributed by atoms with Gasteiger partial charge in [0.15, 0.2) is 22.3 Å². The predicted octanol–water partition coefficient (Wildman–Crippen LogP) is 4.04. The Morgan fingerprint density at radius 1 is 1.15 bits per heavy atom. The van der Waals surface area contributed by atoms with Crippen LogP contribution in [0.1, 0.15) is 30.7 Å². The third-order valence-corrected chi connectivity index (χ3v) is 7.17. The highest BCUT2D eigenvalue weighted by molar-refractivity contribution is 7.99. The Labute approximate surface area is 165 Å². The van der Waals surface area contributed by atoms with E-state index in [0.717, 1.165) is 33.6 Å². The molecule has 0 saturated heterocycles. The molecule has 0 aliphatic heterocycles. The molecule has 3 aromatic rings. The van der Waals surface area contributed by atoms with Crippen molar-refractivity contribution in [3.63, 3.8) is 0 Å². The summed E-state index contributed by atoms with van der Waals surface area (Å²) in [4.78, 5) is 7.47. The van der Waals surface area contributed by atoms with Gasteiger partial charge in [-0.3, -0.25) is 0 Å². The summed E-state index contributed by atoms with van der Waals surface area (Å²) in [5, 5.41) is 12.0. The molecule has 0 saturated carbocycles. The molecule has 0 radical (unpaired) electrons. The highest BCUT2D eigenvalue weighted by Gasteiger charge is 2.24. The zero-order valence-electron chi connectivity index (χ0n) is 15.2. The lowest BCUT2D eigenvalue weighted by Gasteiger charge is -2.15. The van der Waals surface area contributed by atoms with Crippen molar-refractivity contribution in [3.05, 3.63) is 10.4 Å². The quantitative estimate of drug-likeness (QED) is 0.315. The van der Waals surface area contributed by atoms with E-state index in [9.17, 15) is 0 Å².